The fourth-order valence-electron chi connectivity index (χ4n) is 1.28. The van der Waals surface area contributed by atoms with Crippen molar-refractivity contribution >= 4 is 28.0 Å². The minimum Gasteiger partial charge on any atom is -0.457 e. The molecule has 0 aromatic heterocycles. The fourth-order valence-corrected chi connectivity index (χ4v) is 1.63. The van der Waals surface area contributed by atoms with Gasteiger partial charge in [0, 0.05) is 11.4 Å². The van der Waals surface area contributed by atoms with Crippen LogP contribution in [0, 0.1) is 0 Å². The molecule has 0 radical (unpaired) electrons. The molecule has 0 fully saturated rings. The minimum atomic E-state index is -0.445. The second-order valence-electron chi connectivity index (χ2n) is 4.75. The largest absolute Gasteiger partial charge is 0.457 e. The van der Waals surface area contributed by atoms with E-state index in [0.29, 0.717) is 0 Å². The zero-order chi connectivity index (χ0) is 12.9. The summed E-state index contributed by atoms with van der Waals surface area (Å²) in [5, 5.41) is 0.807. The van der Waals surface area contributed by atoms with Crippen LogP contribution < -0.4 is 0 Å². The van der Waals surface area contributed by atoms with E-state index in [0.717, 1.165) is 10.9 Å². The number of benzene rings is 1. The quantitative estimate of drug-likeness (QED) is 0.480. The molecule has 1 rings (SSSR count). The van der Waals surface area contributed by atoms with Gasteiger partial charge in [-0.25, -0.2) is 4.79 Å². The van der Waals surface area contributed by atoms with E-state index >= 15 is 0 Å². The van der Waals surface area contributed by atoms with Crippen LogP contribution in [0.2, 0.25) is 0 Å². The number of hydrogen-bond acceptors (Lipinski definition) is 2. The number of ether oxygens (including phenoxy) is 1. The lowest BCUT2D eigenvalue weighted by molar-refractivity contribution is -0.148. The number of halogens is 1. The van der Waals surface area contributed by atoms with Gasteiger partial charge in [-0.3, -0.25) is 0 Å². The smallest absolute Gasteiger partial charge is 0.331 e. The minimum absolute atomic E-state index is 0.318. The molecule has 3 heteroatoms. The number of esters is 1. The van der Waals surface area contributed by atoms with E-state index in [2.05, 4.69) is 15.9 Å². The van der Waals surface area contributed by atoms with Crippen molar-refractivity contribution in [1.29, 1.82) is 0 Å². The van der Waals surface area contributed by atoms with Gasteiger partial charge >= 0.3 is 5.97 Å². The molecule has 0 N–H and O–H groups in total. The third-order valence-electron chi connectivity index (χ3n) is 1.92. The van der Waals surface area contributed by atoms with Crippen molar-refractivity contribution in [3.63, 3.8) is 0 Å². The summed E-state index contributed by atoms with van der Waals surface area (Å²) in [6.45, 7) is 5.55. The van der Waals surface area contributed by atoms with E-state index in [9.17, 15) is 4.79 Å². The average Bonchev–Trinajstić information content (AvgIpc) is 2.24. The van der Waals surface area contributed by atoms with Crippen LogP contribution >= 0.6 is 15.9 Å². The summed E-state index contributed by atoms with van der Waals surface area (Å²) < 4.78 is 5.18. The molecular weight excluding hydrogens is 280 g/mol. The van der Waals surface area contributed by atoms with Gasteiger partial charge in [0.25, 0.3) is 0 Å². The highest BCUT2D eigenvalue weighted by Crippen LogP contribution is 2.11. The Labute approximate surface area is 111 Å². The van der Waals surface area contributed by atoms with Crippen molar-refractivity contribution in [3.8, 4) is 0 Å². The van der Waals surface area contributed by atoms with Gasteiger partial charge in [-0.2, -0.15) is 0 Å². The van der Waals surface area contributed by atoms with Crippen molar-refractivity contribution in [3.05, 3.63) is 41.5 Å². The predicted molar refractivity (Wildman–Crippen MR) is 74.0 cm³/mol. The summed E-state index contributed by atoms with van der Waals surface area (Å²) in [7, 11) is 0. The van der Waals surface area contributed by atoms with Gasteiger partial charge in [0.2, 0.25) is 0 Å². The normalized spacial score (nSPS) is 11.8. The van der Waals surface area contributed by atoms with E-state index in [1.807, 2.05) is 45.0 Å². The Hall–Kier alpha value is -1.09. The third-order valence-corrected chi connectivity index (χ3v) is 2.57. The number of carbonyl (C=O) groups is 1. The standard InChI is InChI=1S/C14H17BrO2/c1-14(2,3)17-13(16)8-7-11-5-4-6-12(9-11)10-15/h4-9H,10H2,1-3H3/b8-7+. The second kappa shape index (κ2) is 6.01. The van der Waals surface area contributed by atoms with Crippen molar-refractivity contribution < 1.29 is 9.53 Å². The van der Waals surface area contributed by atoms with Crippen molar-refractivity contribution in [2.45, 2.75) is 31.7 Å². The Morgan fingerprint density at radius 3 is 2.71 bits per heavy atom. The van der Waals surface area contributed by atoms with Crippen LogP contribution in [0.5, 0.6) is 0 Å². The van der Waals surface area contributed by atoms with Gasteiger partial charge < -0.3 is 4.74 Å². The zero-order valence-electron chi connectivity index (χ0n) is 10.4. The fraction of sp³-hybridized carbons (Fsp3) is 0.357. The Bertz CT molecular complexity index is 416. The van der Waals surface area contributed by atoms with Crippen LogP contribution in [-0.4, -0.2) is 11.6 Å². The van der Waals surface area contributed by atoms with Gasteiger partial charge in [-0.05, 0) is 38.0 Å². The molecule has 0 unspecified atom stereocenters. The maximum atomic E-state index is 11.5. The first-order chi connectivity index (χ1) is 7.90. The molecule has 0 bridgehead atoms. The molecule has 1 aromatic carbocycles. The maximum Gasteiger partial charge on any atom is 0.331 e. The number of alkyl halides is 1. The van der Waals surface area contributed by atoms with Crippen molar-refractivity contribution in [1.82, 2.24) is 0 Å². The highest BCUT2D eigenvalue weighted by molar-refractivity contribution is 9.08. The van der Waals surface area contributed by atoms with Crippen LogP contribution in [0.1, 0.15) is 31.9 Å². The average molecular weight is 297 g/mol. The van der Waals surface area contributed by atoms with Crippen molar-refractivity contribution in [2.24, 2.45) is 0 Å². The van der Waals surface area contributed by atoms with Crippen LogP contribution in [0.4, 0.5) is 0 Å². The van der Waals surface area contributed by atoms with E-state index in [1.54, 1.807) is 6.08 Å². The Morgan fingerprint density at radius 2 is 2.12 bits per heavy atom. The summed E-state index contributed by atoms with van der Waals surface area (Å²) in [6, 6.07) is 7.97. The highest BCUT2D eigenvalue weighted by atomic mass is 79.9. The molecule has 0 amide bonds. The first-order valence-corrected chi connectivity index (χ1v) is 6.59. The van der Waals surface area contributed by atoms with Crippen LogP contribution in [0.25, 0.3) is 6.08 Å². The number of carbonyl (C=O) groups excluding carboxylic acids is 1. The van der Waals surface area contributed by atoms with Gasteiger partial charge in [0.1, 0.15) is 5.60 Å². The van der Waals surface area contributed by atoms with E-state index in [-0.39, 0.29) is 5.97 Å². The molecule has 0 aliphatic carbocycles. The molecule has 17 heavy (non-hydrogen) atoms. The van der Waals surface area contributed by atoms with E-state index in [1.165, 1.54) is 11.6 Å². The first-order valence-electron chi connectivity index (χ1n) is 5.47. The lowest BCUT2D eigenvalue weighted by Gasteiger charge is -2.17. The molecule has 0 aliphatic rings. The Kier molecular flexibility index (Phi) is 4.94. The number of rotatable bonds is 3. The molecule has 0 aliphatic heterocycles. The summed E-state index contributed by atoms with van der Waals surface area (Å²) in [5.74, 6) is -0.318. The lowest BCUT2D eigenvalue weighted by Crippen LogP contribution is -2.22. The molecule has 0 saturated heterocycles. The Balaban J connectivity index is 2.67. The van der Waals surface area contributed by atoms with E-state index in [4.69, 9.17) is 4.74 Å². The van der Waals surface area contributed by atoms with Gasteiger partial charge in [0.15, 0.2) is 0 Å². The topological polar surface area (TPSA) is 26.3 Å². The zero-order valence-corrected chi connectivity index (χ0v) is 12.0. The van der Waals surface area contributed by atoms with Gasteiger partial charge in [-0.1, -0.05) is 40.2 Å². The van der Waals surface area contributed by atoms with Crippen LogP contribution in [0.3, 0.4) is 0 Å². The SMILES string of the molecule is CC(C)(C)OC(=O)/C=C/c1cccc(CBr)c1. The summed E-state index contributed by atoms with van der Waals surface area (Å²) in [4.78, 5) is 11.5. The van der Waals surface area contributed by atoms with Crippen LogP contribution in [0.15, 0.2) is 30.3 Å². The third kappa shape index (κ3) is 5.68. The van der Waals surface area contributed by atoms with Crippen molar-refractivity contribution in [2.75, 3.05) is 0 Å². The van der Waals surface area contributed by atoms with Gasteiger partial charge in [-0.15, -0.1) is 0 Å². The molecule has 0 heterocycles. The molecule has 92 valence electrons. The molecule has 1 aromatic rings. The first kappa shape index (κ1) is 14.0. The van der Waals surface area contributed by atoms with Gasteiger partial charge in [0.05, 0.1) is 0 Å². The summed E-state index contributed by atoms with van der Waals surface area (Å²) >= 11 is 3.40. The monoisotopic (exact) mass is 296 g/mol. The molecule has 0 saturated carbocycles. The van der Waals surface area contributed by atoms with E-state index < -0.39 is 5.60 Å². The molecular formula is C14H17BrO2. The Morgan fingerprint density at radius 1 is 1.41 bits per heavy atom. The highest BCUT2D eigenvalue weighted by Gasteiger charge is 2.13. The molecule has 0 atom stereocenters. The summed E-state index contributed by atoms with van der Waals surface area (Å²) in [6.07, 6.45) is 3.22. The van der Waals surface area contributed by atoms with Crippen LogP contribution in [-0.2, 0) is 14.9 Å². The second-order valence-corrected chi connectivity index (χ2v) is 5.31. The lowest BCUT2D eigenvalue weighted by atomic mass is 10.1. The predicted octanol–water partition coefficient (Wildman–Crippen LogP) is 3.94. The number of hydrogen-bond donors (Lipinski definition) is 0. The summed E-state index contributed by atoms with van der Waals surface area (Å²) in [5.41, 5.74) is 1.73. The molecule has 0 spiro atoms. The maximum absolute atomic E-state index is 11.5. The molecule has 2 nitrogen and oxygen atoms in total.